The van der Waals surface area contributed by atoms with Crippen LogP contribution >= 0.6 is 0 Å². The van der Waals surface area contributed by atoms with E-state index < -0.39 is 5.76 Å². The number of oxazole rings is 1. The fraction of sp³-hybridized carbons (Fsp3) is 0.524. The van der Waals surface area contributed by atoms with Crippen molar-refractivity contribution in [1.29, 1.82) is 0 Å². The average Bonchev–Trinajstić information content (AvgIpc) is 3.42. The van der Waals surface area contributed by atoms with E-state index in [2.05, 4.69) is 10.1 Å². The Morgan fingerprint density at radius 3 is 2.97 bits per heavy atom. The predicted molar refractivity (Wildman–Crippen MR) is 106 cm³/mol. The summed E-state index contributed by atoms with van der Waals surface area (Å²) >= 11 is 0. The highest BCUT2D eigenvalue weighted by atomic mass is 16.5. The van der Waals surface area contributed by atoms with E-state index in [0.29, 0.717) is 49.0 Å². The van der Waals surface area contributed by atoms with Gasteiger partial charge in [0.15, 0.2) is 11.4 Å². The number of para-hydroxylation sites is 2. The van der Waals surface area contributed by atoms with Crippen molar-refractivity contribution in [2.24, 2.45) is 0 Å². The quantitative estimate of drug-likeness (QED) is 0.585. The van der Waals surface area contributed by atoms with Gasteiger partial charge in [0.1, 0.15) is 6.54 Å². The number of amides is 1. The lowest BCUT2D eigenvalue weighted by Gasteiger charge is -2.32. The molecule has 9 heteroatoms. The highest BCUT2D eigenvalue weighted by molar-refractivity contribution is 5.79. The number of ether oxygens (including phenoxy) is 1. The van der Waals surface area contributed by atoms with E-state index in [1.54, 1.807) is 23.1 Å². The van der Waals surface area contributed by atoms with Crippen LogP contribution in [0.2, 0.25) is 0 Å². The molecule has 1 atom stereocenters. The number of nitrogens with zero attached hydrogens (tertiary/aromatic N) is 4. The maximum atomic E-state index is 12.8. The van der Waals surface area contributed by atoms with Crippen molar-refractivity contribution in [1.82, 2.24) is 19.6 Å². The summed E-state index contributed by atoms with van der Waals surface area (Å²) < 4.78 is 17.8. The molecule has 2 aromatic heterocycles. The molecule has 1 aromatic carbocycles. The van der Waals surface area contributed by atoms with Crippen molar-refractivity contribution in [2.45, 2.75) is 50.7 Å². The van der Waals surface area contributed by atoms with Crippen LogP contribution in [0.25, 0.3) is 11.1 Å². The Bertz CT molecular complexity index is 1100. The maximum Gasteiger partial charge on any atom is 0.420 e. The van der Waals surface area contributed by atoms with Gasteiger partial charge in [-0.2, -0.15) is 4.98 Å². The van der Waals surface area contributed by atoms with Crippen LogP contribution in [0.4, 0.5) is 0 Å². The molecule has 5 rings (SSSR count). The summed E-state index contributed by atoms with van der Waals surface area (Å²) in [6.45, 7) is 1.64. The fourth-order valence-corrected chi connectivity index (χ4v) is 3.88. The molecule has 2 fully saturated rings. The highest BCUT2D eigenvalue weighted by Crippen LogP contribution is 2.38. The van der Waals surface area contributed by atoms with Crippen LogP contribution in [0.5, 0.6) is 0 Å². The van der Waals surface area contributed by atoms with Crippen LogP contribution in [0.3, 0.4) is 0 Å². The van der Waals surface area contributed by atoms with Crippen LogP contribution in [-0.2, 0) is 22.5 Å². The van der Waals surface area contributed by atoms with Gasteiger partial charge in [0.2, 0.25) is 11.8 Å². The summed E-state index contributed by atoms with van der Waals surface area (Å²) in [5.74, 6) is 1.24. The summed E-state index contributed by atoms with van der Waals surface area (Å²) in [4.78, 5) is 31.1. The Balaban J connectivity index is 1.15. The third kappa shape index (κ3) is 4.02. The van der Waals surface area contributed by atoms with Crippen molar-refractivity contribution in [3.63, 3.8) is 0 Å². The molecule has 1 aliphatic heterocycles. The average molecular weight is 412 g/mol. The smallest absolute Gasteiger partial charge is 0.408 e. The van der Waals surface area contributed by atoms with Gasteiger partial charge >= 0.3 is 5.76 Å². The first-order chi connectivity index (χ1) is 14.7. The van der Waals surface area contributed by atoms with Crippen LogP contribution in [-0.4, -0.2) is 51.3 Å². The van der Waals surface area contributed by atoms with Crippen LogP contribution in [0.1, 0.15) is 43.3 Å². The minimum atomic E-state index is -0.514. The predicted octanol–water partition coefficient (Wildman–Crippen LogP) is 2.11. The summed E-state index contributed by atoms with van der Waals surface area (Å²) in [5, 5.41) is 4.01. The van der Waals surface area contributed by atoms with E-state index in [0.717, 1.165) is 31.6 Å². The van der Waals surface area contributed by atoms with Gasteiger partial charge in [-0.25, -0.2) is 4.79 Å². The molecule has 1 aliphatic carbocycles. The van der Waals surface area contributed by atoms with Crippen LogP contribution in [0, 0.1) is 0 Å². The second kappa shape index (κ2) is 8.06. The van der Waals surface area contributed by atoms with Crippen LogP contribution in [0.15, 0.2) is 38.0 Å². The van der Waals surface area contributed by atoms with E-state index in [-0.39, 0.29) is 18.6 Å². The number of hydrogen-bond donors (Lipinski definition) is 0. The molecular formula is C21H24N4O5. The molecule has 0 N–H and O–H groups in total. The molecule has 1 saturated carbocycles. The van der Waals surface area contributed by atoms with E-state index >= 15 is 0 Å². The zero-order chi connectivity index (χ0) is 20.5. The lowest BCUT2D eigenvalue weighted by atomic mass is 10.1. The zero-order valence-corrected chi connectivity index (χ0v) is 16.7. The minimum Gasteiger partial charge on any atom is -0.408 e. The fourth-order valence-electron chi connectivity index (χ4n) is 3.88. The van der Waals surface area contributed by atoms with Gasteiger partial charge in [0.05, 0.1) is 18.2 Å². The van der Waals surface area contributed by atoms with Crippen molar-refractivity contribution in [3.05, 3.63) is 46.5 Å². The second-order valence-corrected chi connectivity index (χ2v) is 7.97. The number of carbonyl (C=O) groups is 1. The molecule has 1 unspecified atom stereocenters. The monoisotopic (exact) mass is 412 g/mol. The van der Waals surface area contributed by atoms with Gasteiger partial charge in [-0.3, -0.25) is 9.36 Å². The zero-order valence-electron chi connectivity index (χ0n) is 16.7. The Morgan fingerprint density at radius 2 is 2.10 bits per heavy atom. The van der Waals surface area contributed by atoms with Crippen molar-refractivity contribution in [3.8, 4) is 0 Å². The molecule has 0 spiro atoms. The first-order valence-electron chi connectivity index (χ1n) is 10.5. The number of hydrogen-bond acceptors (Lipinski definition) is 7. The third-order valence-electron chi connectivity index (χ3n) is 5.69. The normalized spacial score (nSPS) is 19.5. The molecule has 1 amide bonds. The largest absolute Gasteiger partial charge is 0.420 e. The van der Waals surface area contributed by atoms with Crippen molar-refractivity contribution >= 4 is 17.0 Å². The standard InChI is InChI=1S/C21H24N4O5/c26-19(13-25-16-5-1-2-6-17(16)29-21(25)27)24-10-3-4-15(12-24)28-11-9-18-22-20(30-23-18)14-7-8-14/h1-2,5-6,14-15H,3-4,7-13H2. The summed E-state index contributed by atoms with van der Waals surface area (Å²) in [6, 6.07) is 7.12. The van der Waals surface area contributed by atoms with E-state index in [9.17, 15) is 9.59 Å². The van der Waals surface area contributed by atoms with Gasteiger partial charge < -0.3 is 18.6 Å². The van der Waals surface area contributed by atoms with Gasteiger partial charge in [-0.15, -0.1) is 0 Å². The number of piperidine rings is 1. The molecule has 0 radical (unpaired) electrons. The van der Waals surface area contributed by atoms with Crippen molar-refractivity contribution < 1.29 is 18.5 Å². The molecule has 9 nitrogen and oxygen atoms in total. The van der Waals surface area contributed by atoms with Crippen LogP contribution < -0.4 is 5.76 Å². The minimum absolute atomic E-state index is 0.0321. The lowest BCUT2D eigenvalue weighted by Crippen LogP contribution is -2.45. The van der Waals surface area contributed by atoms with E-state index in [1.165, 1.54) is 4.57 Å². The highest BCUT2D eigenvalue weighted by Gasteiger charge is 2.30. The van der Waals surface area contributed by atoms with E-state index in [1.807, 2.05) is 6.07 Å². The molecule has 158 valence electrons. The Hall–Kier alpha value is -2.94. The summed E-state index contributed by atoms with van der Waals surface area (Å²) in [6.07, 6.45) is 4.59. The van der Waals surface area contributed by atoms with E-state index in [4.69, 9.17) is 13.7 Å². The Labute approximate surface area is 172 Å². The topological polar surface area (TPSA) is 104 Å². The first-order valence-corrected chi connectivity index (χ1v) is 10.5. The van der Waals surface area contributed by atoms with Crippen molar-refractivity contribution in [2.75, 3.05) is 19.7 Å². The Kier molecular flexibility index (Phi) is 5.12. The molecule has 0 bridgehead atoms. The molecule has 3 aromatic rings. The van der Waals surface area contributed by atoms with Gasteiger partial charge in [0.25, 0.3) is 0 Å². The maximum absolute atomic E-state index is 12.8. The molecule has 30 heavy (non-hydrogen) atoms. The summed E-state index contributed by atoms with van der Waals surface area (Å²) in [7, 11) is 0. The SMILES string of the molecule is O=C(Cn1c(=O)oc2ccccc21)N1CCCC(OCCc2noc(C3CC3)n2)C1. The number of carbonyl (C=O) groups excluding carboxylic acids is 1. The number of likely N-dealkylation sites (tertiary alicyclic amines) is 1. The molecular weight excluding hydrogens is 388 g/mol. The summed E-state index contributed by atoms with van der Waals surface area (Å²) in [5.41, 5.74) is 1.12. The number of fused-ring (bicyclic) bond motifs is 1. The molecule has 2 aliphatic rings. The van der Waals surface area contributed by atoms with Gasteiger partial charge in [-0.05, 0) is 37.8 Å². The first kappa shape index (κ1) is 19.0. The van der Waals surface area contributed by atoms with Gasteiger partial charge in [-0.1, -0.05) is 17.3 Å². The number of aromatic nitrogens is 3. The third-order valence-corrected chi connectivity index (χ3v) is 5.69. The number of benzene rings is 1. The second-order valence-electron chi connectivity index (χ2n) is 7.97. The lowest BCUT2D eigenvalue weighted by molar-refractivity contribution is -0.136. The molecule has 3 heterocycles. The Morgan fingerprint density at radius 1 is 1.23 bits per heavy atom. The van der Waals surface area contributed by atoms with Gasteiger partial charge in [0, 0.05) is 25.4 Å². The molecule has 1 saturated heterocycles. The number of rotatable bonds is 7.